The van der Waals surface area contributed by atoms with Crippen molar-refractivity contribution < 1.29 is 23.8 Å². The lowest BCUT2D eigenvalue weighted by molar-refractivity contribution is 0.0278. The van der Waals surface area contributed by atoms with Gasteiger partial charge in [-0.2, -0.15) is 0 Å². The summed E-state index contributed by atoms with van der Waals surface area (Å²) >= 11 is 0. The molecule has 0 heterocycles. The standard InChI is InChI=1S/C23H29NO5/c1-23(2,3)29-22(26)24(4)16-15-19(17-11-7-6-8-12-17)28-20-14-10-9-13-18(20)21(25)27-5/h6-14,19H,15-16H2,1-5H3. The van der Waals surface area contributed by atoms with Gasteiger partial charge in [-0.15, -0.1) is 0 Å². The molecule has 0 fully saturated rings. The van der Waals surface area contributed by atoms with Crippen molar-refractivity contribution in [3.05, 3.63) is 65.7 Å². The Morgan fingerprint density at radius 1 is 1.00 bits per heavy atom. The zero-order valence-electron chi connectivity index (χ0n) is 17.7. The average molecular weight is 399 g/mol. The summed E-state index contributed by atoms with van der Waals surface area (Å²) in [5.41, 5.74) is 0.751. The fraction of sp³-hybridized carbons (Fsp3) is 0.391. The van der Waals surface area contributed by atoms with E-state index in [4.69, 9.17) is 14.2 Å². The van der Waals surface area contributed by atoms with Crippen LogP contribution in [-0.4, -0.2) is 43.3 Å². The quantitative estimate of drug-likeness (QED) is 0.623. The Morgan fingerprint density at radius 2 is 1.62 bits per heavy atom. The van der Waals surface area contributed by atoms with Gasteiger partial charge in [0.1, 0.15) is 23.0 Å². The van der Waals surface area contributed by atoms with Crippen LogP contribution in [-0.2, 0) is 9.47 Å². The summed E-state index contributed by atoms with van der Waals surface area (Å²) in [6.07, 6.45) is -0.221. The van der Waals surface area contributed by atoms with E-state index in [1.807, 2.05) is 51.1 Å². The van der Waals surface area contributed by atoms with E-state index in [9.17, 15) is 9.59 Å². The number of rotatable bonds is 7. The first-order valence-electron chi connectivity index (χ1n) is 9.54. The molecule has 156 valence electrons. The molecule has 0 aliphatic heterocycles. The van der Waals surface area contributed by atoms with Crippen LogP contribution in [0, 0.1) is 0 Å². The van der Waals surface area contributed by atoms with Crippen molar-refractivity contribution >= 4 is 12.1 Å². The highest BCUT2D eigenvalue weighted by atomic mass is 16.6. The molecule has 29 heavy (non-hydrogen) atoms. The Bertz CT molecular complexity index is 814. The molecule has 0 N–H and O–H groups in total. The Hall–Kier alpha value is -3.02. The Labute approximate surface area is 172 Å². The molecule has 0 spiro atoms. The first-order chi connectivity index (χ1) is 13.7. The van der Waals surface area contributed by atoms with E-state index in [0.717, 1.165) is 5.56 Å². The average Bonchev–Trinajstić information content (AvgIpc) is 2.69. The molecule has 0 aromatic heterocycles. The highest BCUT2D eigenvalue weighted by Gasteiger charge is 2.23. The smallest absolute Gasteiger partial charge is 0.410 e. The molecule has 2 aromatic rings. The Kier molecular flexibility index (Phi) is 7.65. The highest BCUT2D eigenvalue weighted by molar-refractivity contribution is 5.92. The minimum Gasteiger partial charge on any atom is -0.485 e. The number of benzene rings is 2. The second-order valence-corrected chi connectivity index (χ2v) is 7.70. The van der Waals surface area contributed by atoms with Gasteiger partial charge in [0, 0.05) is 20.0 Å². The van der Waals surface area contributed by atoms with Crippen LogP contribution in [0.15, 0.2) is 54.6 Å². The van der Waals surface area contributed by atoms with Gasteiger partial charge in [0.25, 0.3) is 0 Å². The molecule has 6 heteroatoms. The fourth-order valence-electron chi connectivity index (χ4n) is 2.70. The summed E-state index contributed by atoms with van der Waals surface area (Å²) in [5, 5.41) is 0. The number of hydrogen-bond acceptors (Lipinski definition) is 5. The van der Waals surface area contributed by atoms with Gasteiger partial charge < -0.3 is 19.1 Å². The van der Waals surface area contributed by atoms with Gasteiger partial charge in [-0.25, -0.2) is 9.59 Å². The minimum absolute atomic E-state index is 0.355. The second kappa shape index (κ2) is 9.96. The van der Waals surface area contributed by atoms with Crippen LogP contribution in [0.1, 0.15) is 49.2 Å². The first-order valence-corrected chi connectivity index (χ1v) is 9.54. The van der Waals surface area contributed by atoms with Gasteiger partial charge in [0.2, 0.25) is 0 Å². The zero-order chi connectivity index (χ0) is 21.4. The lowest BCUT2D eigenvalue weighted by atomic mass is 10.1. The molecular formula is C23H29NO5. The van der Waals surface area contributed by atoms with Crippen molar-refractivity contribution in [1.82, 2.24) is 4.90 Å². The van der Waals surface area contributed by atoms with E-state index in [1.165, 1.54) is 12.0 Å². The van der Waals surface area contributed by atoms with Gasteiger partial charge in [0.05, 0.1) is 7.11 Å². The lowest BCUT2D eigenvalue weighted by Crippen LogP contribution is -2.35. The van der Waals surface area contributed by atoms with Gasteiger partial charge in [-0.05, 0) is 38.5 Å². The van der Waals surface area contributed by atoms with E-state index >= 15 is 0 Å². The molecule has 1 atom stereocenters. The van der Waals surface area contributed by atoms with Crippen LogP contribution in [0.2, 0.25) is 0 Å². The van der Waals surface area contributed by atoms with Crippen LogP contribution < -0.4 is 4.74 Å². The SMILES string of the molecule is COC(=O)c1ccccc1OC(CCN(C)C(=O)OC(C)(C)C)c1ccccc1. The van der Waals surface area contributed by atoms with Gasteiger partial charge in [-0.3, -0.25) is 0 Å². The molecule has 6 nitrogen and oxygen atoms in total. The molecule has 0 saturated carbocycles. The molecule has 0 saturated heterocycles. The van der Waals surface area contributed by atoms with Gasteiger partial charge in [0.15, 0.2) is 0 Å². The van der Waals surface area contributed by atoms with Crippen molar-refractivity contribution in [2.75, 3.05) is 20.7 Å². The maximum atomic E-state index is 12.2. The van der Waals surface area contributed by atoms with E-state index in [-0.39, 0.29) is 12.2 Å². The third-order valence-electron chi connectivity index (χ3n) is 4.16. The monoisotopic (exact) mass is 399 g/mol. The molecule has 0 aliphatic rings. The molecule has 1 unspecified atom stereocenters. The number of para-hydroxylation sites is 1. The molecular weight excluding hydrogens is 370 g/mol. The van der Waals surface area contributed by atoms with E-state index < -0.39 is 11.6 Å². The number of carbonyl (C=O) groups excluding carboxylic acids is 2. The zero-order valence-corrected chi connectivity index (χ0v) is 17.7. The molecule has 0 radical (unpaired) electrons. The summed E-state index contributed by atoms with van der Waals surface area (Å²) < 4.78 is 16.5. The molecule has 2 aromatic carbocycles. The Balaban J connectivity index is 2.18. The summed E-state index contributed by atoms with van der Waals surface area (Å²) in [7, 11) is 3.03. The maximum absolute atomic E-state index is 12.2. The Morgan fingerprint density at radius 3 is 2.24 bits per heavy atom. The number of carbonyl (C=O) groups is 2. The number of nitrogens with zero attached hydrogens (tertiary/aromatic N) is 1. The summed E-state index contributed by atoms with van der Waals surface area (Å²) in [6, 6.07) is 16.7. The minimum atomic E-state index is -0.555. The van der Waals surface area contributed by atoms with Crippen LogP contribution in [0.5, 0.6) is 5.75 Å². The molecule has 1 amide bonds. The van der Waals surface area contributed by atoms with Crippen LogP contribution in [0.25, 0.3) is 0 Å². The van der Waals surface area contributed by atoms with Crippen molar-refractivity contribution in [2.45, 2.75) is 38.9 Å². The van der Waals surface area contributed by atoms with Crippen molar-refractivity contribution in [3.63, 3.8) is 0 Å². The van der Waals surface area contributed by atoms with Crippen molar-refractivity contribution in [1.29, 1.82) is 0 Å². The van der Waals surface area contributed by atoms with E-state index in [2.05, 4.69) is 0 Å². The predicted octanol–water partition coefficient (Wildman–Crippen LogP) is 4.85. The summed E-state index contributed by atoms with van der Waals surface area (Å²) in [6.45, 7) is 5.92. The lowest BCUT2D eigenvalue weighted by Gasteiger charge is -2.27. The largest absolute Gasteiger partial charge is 0.485 e. The molecule has 2 rings (SSSR count). The number of methoxy groups -OCH3 is 1. The highest BCUT2D eigenvalue weighted by Crippen LogP contribution is 2.28. The van der Waals surface area contributed by atoms with Crippen molar-refractivity contribution in [3.8, 4) is 5.75 Å². The van der Waals surface area contributed by atoms with Gasteiger partial charge in [-0.1, -0.05) is 42.5 Å². The first kappa shape index (κ1) is 22.3. The normalized spacial score (nSPS) is 12.0. The third kappa shape index (κ3) is 6.82. The van der Waals surface area contributed by atoms with Crippen LogP contribution >= 0.6 is 0 Å². The van der Waals surface area contributed by atoms with Crippen LogP contribution in [0.3, 0.4) is 0 Å². The van der Waals surface area contributed by atoms with E-state index in [1.54, 1.807) is 31.3 Å². The third-order valence-corrected chi connectivity index (χ3v) is 4.16. The van der Waals surface area contributed by atoms with Crippen molar-refractivity contribution in [2.24, 2.45) is 0 Å². The number of hydrogen-bond donors (Lipinski definition) is 0. The summed E-state index contributed by atoms with van der Waals surface area (Å²) in [5.74, 6) is -0.0218. The number of amides is 1. The van der Waals surface area contributed by atoms with E-state index in [0.29, 0.717) is 24.3 Å². The number of esters is 1. The van der Waals surface area contributed by atoms with Crippen LogP contribution in [0.4, 0.5) is 4.79 Å². The second-order valence-electron chi connectivity index (χ2n) is 7.70. The molecule has 0 aliphatic carbocycles. The van der Waals surface area contributed by atoms with Gasteiger partial charge >= 0.3 is 12.1 Å². The topological polar surface area (TPSA) is 65.1 Å². The fourth-order valence-corrected chi connectivity index (χ4v) is 2.70. The molecule has 0 bridgehead atoms. The number of ether oxygens (including phenoxy) is 3. The maximum Gasteiger partial charge on any atom is 0.410 e. The summed E-state index contributed by atoms with van der Waals surface area (Å²) in [4.78, 5) is 25.8. The predicted molar refractivity (Wildman–Crippen MR) is 111 cm³/mol.